The van der Waals surface area contributed by atoms with Crippen LogP contribution in [0, 0.1) is 12.7 Å². The van der Waals surface area contributed by atoms with E-state index >= 15 is 0 Å². The van der Waals surface area contributed by atoms with Crippen molar-refractivity contribution < 1.29 is 27.1 Å². The average molecular weight is 444 g/mol. The van der Waals surface area contributed by atoms with Crippen molar-refractivity contribution in [1.29, 1.82) is 0 Å². The number of rotatable bonds is 5. The number of benzene rings is 1. The quantitative estimate of drug-likeness (QED) is 0.329. The predicted molar refractivity (Wildman–Crippen MR) is 107 cm³/mol. The molecule has 3 heterocycles. The molecule has 0 fully saturated rings. The summed E-state index contributed by atoms with van der Waals surface area (Å²) in [6, 6.07) is 7.28. The second-order valence-electron chi connectivity index (χ2n) is 7.04. The van der Waals surface area contributed by atoms with Crippen LogP contribution in [-0.2, 0) is 12.6 Å². The van der Waals surface area contributed by atoms with Crippen LogP contribution in [0.5, 0.6) is 5.75 Å². The van der Waals surface area contributed by atoms with Gasteiger partial charge in [-0.2, -0.15) is 13.2 Å². The lowest BCUT2D eigenvalue weighted by Gasteiger charge is -2.11. The first-order chi connectivity index (χ1) is 15.2. The van der Waals surface area contributed by atoms with Gasteiger partial charge in [0.1, 0.15) is 17.4 Å². The maximum Gasteiger partial charge on any atom is 0.450 e. The second-order valence-corrected chi connectivity index (χ2v) is 7.04. The molecule has 0 aliphatic heterocycles. The Hall–Kier alpha value is -3.82. The minimum atomic E-state index is -4.72. The standard InChI is InChI=1S/C22H16F4N4O2/c1-12-15(10-27-11-16(12)23)19(31)7-13-3-6-20(28-9-13)30-18-5-4-14(32-2)8-17(18)29-21(30)22(24,25)26/h3-6,8-11H,7H2,1-2H3. The van der Waals surface area contributed by atoms with E-state index in [0.717, 1.165) is 10.8 Å². The van der Waals surface area contributed by atoms with Crippen LogP contribution in [0.1, 0.15) is 27.3 Å². The number of alkyl halides is 3. The maximum absolute atomic E-state index is 13.7. The second kappa shape index (κ2) is 8.03. The molecule has 1 aromatic carbocycles. The SMILES string of the molecule is COc1ccc2c(c1)nc(C(F)(F)F)n2-c1ccc(CC(=O)c2cncc(F)c2C)cn1. The number of halogens is 4. The first-order valence-corrected chi connectivity index (χ1v) is 9.41. The van der Waals surface area contributed by atoms with Gasteiger partial charge < -0.3 is 4.74 Å². The zero-order valence-electron chi connectivity index (χ0n) is 16.9. The largest absolute Gasteiger partial charge is 0.497 e. The molecule has 0 unspecified atom stereocenters. The Morgan fingerprint density at radius 2 is 1.91 bits per heavy atom. The number of ketones is 1. The number of methoxy groups -OCH3 is 1. The molecule has 0 aliphatic rings. The van der Waals surface area contributed by atoms with Crippen LogP contribution in [0.2, 0.25) is 0 Å². The van der Waals surface area contributed by atoms with Crippen LogP contribution in [0.4, 0.5) is 17.6 Å². The topological polar surface area (TPSA) is 69.9 Å². The van der Waals surface area contributed by atoms with Crippen molar-refractivity contribution in [3.63, 3.8) is 0 Å². The number of carbonyl (C=O) groups is 1. The van der Waals surface area contributed by atoms with Gasteiger partial charge in [-0.15, -0.1) is 0 Å². The third-order valence-electron chi connectivity index (χ3n) is 4.97. The Balaban J connectivity index is 1.70. The van der Waals surface area contributed by atoms with Crippen molar-refractivity contribution in [2.75, 3.05) is 7.11 Å². The van der Waals surface area contributed by atoms with Crippen molar-refractivity contribution in [3.05, 3.63) is 77.3 Å². The smallest absolute Gasteiger partial charge is 0.450 e. The number of imidazole rings is 1. The minimum Gasteiger partial charge on any atom is -0.497 e. The van der Waals surface area contributed by atoms with Gasteiger partial charge in [0.15, 0.2) is 5.78 Å². The van der Waals surface area contributed by atoms with Gasteiger partial charge in [-0.25, -0.2) is 14.4 Å². The van der Waals surface area contributed by atoms with Crippen LogP contribution in [0.15, 0.2) is 48.9 Å². The molecule has 0 radical (unpaired) electrons. The van der Waals surface area contributed by atoms with E-state index in [4.69, 9.17) is 4.74 Å². The Kier molecular flexibility index (Phi) is 5.37. The third-order valence-corrected chi connectivity index (χ3v) is 4.97. The summed E-state index contributed by atoms with van der Waals surface area (Å²) in [7, 11) is 1.41. The highest BCUT2D eigenvalue weighted by atomic mass is 19.4. The highest BCUT2D eigenvalue weighted by Crippen LogP contribution is 2.34. The number of carbonyl (C=O) groups excluding carboxylic acids is 1. The number of nitrogens with zero attached hydrogens (tertiary/aromatic N) is 4. The molecule has 0 amide bonds. The fraction of sp³-hybridized carbons (Fsp3) is 0.182. The van der Waals surface area contributed by atoms with Gasteiger partial charge in [0.25, 0.3) is 0 Å². The van der Waals surface area contributed by atoms with Crippen molar-refractivity contribution >= 4 is 16.8 Å². The summed E-state index contributed by atoms with van der Waals surface area (Å²) >= 11 is 0. The van der Waals surface area contributed by atoms with Crippen molar-refractivity contribution in [2.24, 2.45) is 0 Å². The monoisotopic (exact) mass is 444 g/mol. The Labute approximate surface area is 179 Å². The summed E-state index contributed by atoms with van der Waals surface area (Å²) in [5.74, 6) is -1.73. The molecule has 0 aliphatic carbocycles. The molecule has 3 aromatic heterocycles. The van der Waals surface area contributed by atoms with Crippen molar-refractivity contribution in [2.45, 2.75) is 19.5 Å². The zero-order chi connectivity index (χ0) is 23.0. The minimum absolute atomic E-state index is 0.00945. The van der Waals surface area contributed by atoms with Crippen LogP contribution in [0.25, 0.3) is 16.9 Å². The number of ether oxygens (including phenoxy) is 1. The summed E-state index contributed by atoms with van der Waals surface area (Å²) in [5, 5.41) is 0. The lowest BCUT2D eigenvalue weighted by atomic mass is 10.0. The number of hydrogen-bond acceptors (Lipinski definition) is 5. The van der Waals surface area contributed by atoms with Crippen molar-refractivity contribution in [1.82, 2.24) is 19.5 Å². The molecule has 10 heteroatoms. The average Bonchev–Trinajstić information content (AvgIpc) is 3.15. The molecule has 4 aromatic rings. The summed E-state index contributed by atoms with van der Waals surface area (Å²) in [6.45, 7) is 1.48. The molecule has 0 N–H and O–H groups in total. The van der Waals surface area contributed by atoms with E-state index in [-0.39, 0.29) is 40.2 Å². The first kappa shape index (κ1) is 21.4. The number of pyridine rings is 2. The van der Waals surface area contributed by atoms with E-state index in [0.29, 0.717) is 11.3 Å². The number of Topliss-reactive ketones (excluding diaryl/α,β-unsaturated/α-hetero) is 1. The zero-order valence-corrected chi connectivity index (χ0v) is 16.9. The molecule has 4 rings (SSSR count). The normalized spacial score (nSPS) is 11.7. The molecule has 6 nitrogen and oxygen atoms in total. The maximum atomic E-state index is 13.7. The molecular weight excluding hydrogens is 428 g/mol. The van der Waals surface area contributed by atoms with E-state index in [2.05, 4.69) is 15.0 Å². The van der Waals surface area contributed by atoms with Gasteiger partial charge in [-0.1, -0.05) is 6.07 Å². The Morgan fingerprint density at radius 3 is 2.56 bits per heavy atom. The molecule has 0 bridgehead atoms. The molecular formula is C22H16F4N4O2. The Bertz CT molecular complexity index is 1310. The predicted octanol–water partition coefficient (Wildman–Crippen LogP) is 4.72. The van der Waals surface area contributed by atoms with Crippen LogP contribution >= 0.6 is 0 Å². The van der Waals surface area contributed by atoms with Gasteiger partial charge >= 0.3 is 6.18 Å². The Morgan fingerprint density at radius 1 is 1.12 bits per heavy atom. The molecule has 0 spiro atoms. The molecule has 0 saturated carbocycles. The summed E-state index contributed by atoms with van der Waals surface area (Å²) in [5.41, 5.74) is 1.09. The van der Waals surface area contributed by atoms with Gasteiger partial charge in [-0.3, -0.25) is 14.3 Å². The van der Waals surface area contributed by atoms with Gasteiger partial charge in [0.05, 0.1) is 24.3 Å². The number of fused-ring (bicyclic) bond motifs is 1. The fourth-order valence-corrected chi connectivity index (χ4v) is 3.32. The molecule has 0 saturated heterocycles. The van der Waals surface area contributed by atoms with E-state index in [1.54, 1.807) is 0 Å². The van der Waals surface area contributed by atoms with Crippen molar-refractivity contribution in [3.8, 4) is 11.6 Å². The fourth-order valence-electron chi connectivity index (χ4n) is 3.32. The number of aromatic nitrogens is 4. The van der Waals surface area contributed by atoms with Gasteiger partial charge in [-0.05, 0) is 36.2 Å². The summed E-state index contributed by atoms with van der Waals surface area (Å²) < 4.78 is 60.5. The van der Waals surface area contributed by atoms with E-state index < -0.39 is 17.8 Å². The molecule has 0 atom stereocenters. The third kappa shape index (κ3) is 3.91. The number of hydrogen-bond donors (Lipinski definition) is 0. The summed E-state index contributed by atoms with van der Waals surface area (Å²) in [6.07, 6.45) is -1.21. The summed E-state index contributed by atoms with van der Waals surface area (Å²) in [4.78, 5) is 24.0. The lowest BCUT2D eigenvalue weighted by molar-refractivity contribution is -0.145. The van der Waals surface area contributed by atoms with E-state index in [1.807, 2.05) is 0 Å². The highest BCUT2D eigenvalue weighted by Gasteiger charge is 2.38. The highest BCUT2D eigenvalue weighted by molar-refractivity contribution is 5.98. The molecule has 32 heavy (non-hydrogen) atoms. The molecule has 164 valence electrons. The first-order valence-electron chi connectivity index (χ1n) is 9.41. The van der Waals surface area contributed by atoms with Gasteiger partial charge in [0.2, 0.25) is 5.82 Å². The van der Waals surface area contributed by atoms with E-state index in [1.165, 1.54) is 56.8 Å². The van der Waals surface area contributed by atoms with Crippen LogP contribution in [-0.4, -0.2) is 32.4 Å². The lowest BCUT2D eigenvalue weighted by Crippen LogP contribution is -2.15. The van der Waals surface area contributed by atoms with Crippen LogP contribution < -0.4 is 4.74 Å². The van der Waals surface area contributed by atoms with E-state index in [9.17, 15) is 22.4 Å². The van der Waals surface area contributed by atoms with Crippen LogP contribution in [0.3, 0.4) is 0 Å². The van der Waals surface area contributed by atoms with Gasteiger partial charge in [0, 0.05) is 30.4 Å².